The van der Waals surface area contributed by atoms with Crippen LogP contribution in [-0.2, 0) is 6.54 Å². The van der Waals surface area contributed by atoms with Gasteiger partial charge in [0.05, 0.1) is 0 Å². The van der Waals surface area contributed by atoms with Crippen LogP contribution in [0.5, 0.6) is 0 Å². The first-order valence-corrected chi connectivity index (χ1v) is 10.3. The second-order valence-electron chi connectivity index (χ2n) is 6.39. The van der Waals surface area contributed by atoms with Gasteiger partial charge in [0.25, 0.3) is 5.91 Å². The molecular formula is C22H19ClN2OS. The van der Waals surface area contributed by atoms with Gasteiger partial charge < -0.3 is 10.2 Å². The molecule has 0 spiro atoms. The number of halogens is 1. The Morgan fingerprint density at radius 1 is 1.04 bits per heavy atom. The molecule has 1 amide bonds. The zero-order chi connectivity index (χ0) is 18.8. The Morgan fingerprint density at radius 2 is 1.81 bits per heavy atom. The van der Waals surface area contributed by atoms with Crippen LogP contribution in [-0.4, -0.2) is 17.1 Å². The van der Waals surface area contributed by atoms with Crippen LogP contribution in [0, 0.1) is 0 Å². The molecule has 0 aliphatic carbocycles. The second-order valence-corrected chi connectivity index (χ2v) is 7.68. The lowest BCUT2D eigenvalue weighted by atomic mass is 10.1. The van der Waals surface area contributed by atoms with Crippen LogP contribution < -0.4 is 5.32 Å². The SMILES string of the molecule is CSc1cccc(NC2c3ccccc3C(=O)N2Cc2ccccc2Cl)c1. The van der Waals surface area contributed by atoms with Gasteiger partial charge >= 0.3 is 0 Å². The van der Waals surface area contributed by atoms with Crippen LogP contribution in [0.4, 0.5) is 5.69 Å². The number of carbonyl (C=O) groups is 1. The van der Waals surface area contributed by atoms with Crippen LogP contribution in [0.15, 0.2) is 77.7 Å². The highest BCUT2D eigenvalue weighted by atomic mass is 35.5. The molecule has 3 aromatic carbocycles. The summed E-state index contributed by atoms with van der Waals surface area (Å²) in [6, 6.07) is 23.7. The topological polar surface area (TPSA) is 32.3 Å². The molecular weight excluding hydrogens is 376 g/mol. The van der Waals surface area contributed by atoms with Gasteiger partial charge in [-0.25, -0.2) is 0 Å². The van der Waals surface area contributed by atoms with E-state index in [4.69, 9.17) is 11.6 Å². The third kappa shape index (κ3) is 3.55. The maximum Gasteiger partial charge on any atom is 0.256 e. The lowest BCUT2D eigenvalue weighted by Gasteiger charge is -2.27. The molecule has 3 nitrogen and oxygen atoms in total. The molecule has 0 radical (unpaired) electrons. The number of amides is 1. The Morgan fingerprint density at radius 3 is 2.63 bits per heavy atom. The van der Waals surface area contributed by atoms with Crippen molar-refractivity contribution in [1.29, 1.82) is 0 Å². The van der Waals surface area contributed by atoms with Crippen LogP contribution in [0.3, 0.4) is 0 Å². The molecule has 1 heterocycles. The minimum absolute atomic E-state index is 0.0176. The highest BCUT2D eigenvalue weighted by molar-refractivity contribution is 7.98. The van der Waals surface area contributed by atoms with E-state index in [0.717, 1.165) is 22.4 Å². The predicted molar refractivity (Wildman–Crippen MR) is 112 cm³/mol. The number of hydrogen-bond donors (Lipinski definition) is 1. The van der Waals surface area contributed by atoms with Gasteiger partial charge in [-0.05, 0) is 42.2 Å². The van der Waals surface area contributed by atoms with Crippen molar-refractivity contribution < 1.29 is 4.79 Å². The van der Waals surface area contributed by atoms with Gasteiger partial charge in [0.15, 0.2) is 0 Å². The fraction of sp³-hybridized carbons (Fsp3) is 0.136. The third-order valence-electron chi connectivity index (χ3n) is 4.73. The van der Waals surface area contributed by atoms with E-state index in [-0.39, 0.29) is 12.1 Å². The molecule has 1 aliphatic heterocycles. The van der Waals surface area contributed by atoms with E-state index in [1.807, 2.05) is 65.6 Å². The molecule has 3 aromatic rings. The normalized spacial score (nSPS) is 15.7. The summed E-state index contributed by atoms with van der Waals surface area (Å²) >= 11 is 8.04. The summed E-state index contributed by atoms with van der Waals surface area (Å²) in [5.41, 5.74) is 3.65. The molecule has 1 unspecified atom stereocenters. The Kier molecular flexibility index (Phi) is 5.10. The molecule has 1 N–H and O–H groups in total. The maximum absolute atomic E-state index is 13.1. The summed E-state index contributed by atoms with van der Waals surface area (Å²) in [6.07, 6.45) is 1.82. The zero-order valence-electron chi connectivity index (χ0n) is 14.9. The summed E-state index contributed by atoms with van der Waals surface area (Å²) in [7, 11) is 0. The number of carbonyl (C=O) groups excluding carboxylic acids is 1. The van der Waals surface area contributed by atoms with E-state index >= 15 is 0 Å². The largest absolute Gasteiger partial charge is 0.361 e. The summed E-state index contributed by atoms with van der Waals surface area (Å²) in [6.45, 7) is 0.451. The highest BCUT2D eigenvalue weighted by Gasteiger charge is 2.36. The summed E-state index contributed by atoms with van der Waals surface area (Å²) in [4.78, 5) is 16.1. The van der Waals surface area contributed by atoms with E-state index in [9.17, 15) is 4.79 Å². The Hall–Kier alpha value is -2.43. The predicted octanol–water partition coefficient (Wildman–Crippen LogP) is 5.83. The van der Waals surface area contributed by atoms with Crippen molar-refractivity contribution in [2.75, 3.05) is 11.6 Å². The van der Waals surface area contributed by atoms with Crippen LogP contribution in [0.2, 0.25) is 5.02 Å². The van der Waals surface area contributed by atoms with Crippen molar-refractivity contribution in [3.8, 4) is 0 Å². The molecule has 0 saturated carbocycles. The molecule has 0 fully saturated rings. The monoisotopic (exact) mass is 394 g/mol. The third-order valence-corrected chi connectivity index (χ3v) is 5.82. The van der Waals surface area contributed by atoms with Gasteiger partial charge in [0.1, 0.15) is 6.17 Å². The van der Waals surface area contributed by atoms with Crippen molar-refractivity contribution in [3.63, 3.8) is 0 Å². The van der Waals surface area contributed by atoms with Crippen LogP contribution >= 0.6 is 23.4 Å². The molecule has 5 heteroatoms. The standard InChI is InChI=1S/C22H19ClN2OS/c1-27-17-9-6-8-16(13-17)24-21-18-10-3-4-11-19(18)22(26)25(21)14-15-7-2-5-12-20(15)23/h2-13,21,24H,14H2,1H3. The van der Waals surface area contributed by atoms with Crippen molar-refractivity contribution in [3.05, 3.63) is 94.5 Å². The van der Waals surface area contributed by atoms with Gasteiger partial charge in [0, 0.05) is 33.3 Å². The first-order valence-electron chi connectivity index (χ1n) is 8.71. The molecule has 1 atom stereocenters. The number of benzene rings is 3. The van der Waals surface area contributed by atoms with Crippen molar-refractivity contribution in [1.82, 2.24) is 4.90 Å². The lowest BCUT2D eigenvalue weighted by molar-refractivity contribution is 0.0729. The van der Waals surface area contributed by atoms with Crippen molar-refractivity contribution in [2.24, 2.45) is 0 Å². The average Bonchev–Trinajstić information content (AvgIpc) is 2.96. The summed E-state index contributed by atoms with van der Waals surface area (Å²) < 4.78 is 0. The van der Waals surface area contributed by atoms with Gasteiger partial charge in [-0.15, -0.1) is 11.8 Å². The number of fused-ring (bicyclic) bond motifs is 1. The summed E-state index contributed by atoms with van der Waals surface area (Å²) in [5, 5.41) is 4.21. The number of nitrogens with zero attached hydrogens (tertiary/aromatic N) is 1. The molecule has 0 aromatic heterocycles. The fourth-order valence-electron chi connectivity index (χ4n) is 3.37. The first-order chi connectivity index (χ1) is 13.2. The van der Waals surface area contributed by atoms with E-state index in [2.05, 4.69) is 23.7 Å². The molecule has 0 saturated heterocycles. The highest BCUT2D eigenvalue weighted by Crippen LogP contribution is 2.36. The Balaban J connectivity index is 1.70. The van der Waals surface area contributed by atoms with E-state index < -0.39 is 0 Å². The maximum atomic E-state index is 13.1. The number of anilines is 1. The number of nitrogens with one attached hydrogen (secondary N) is 1. The molecule has 0 bridgehead atoms. The minimum atomic E-state index is -0.234. The van der Waals surface area contributed by atoms with Gasteiger partial charge in [-0.2, -0.15) is 0 Å². The average molecular weight is 395 g/mol. The van der Waals surface area contributed by atoms with Gasteiger partial charge in [0.2, 0.25) is 0 Å². The van der Waals surface area contributed by atoms with Gasteiger partial charge in [-0.1, -0.05) is 54.1 Å². The van der Waals surface area contributed by atoms with Crippen LogP contribution in [0.1, 0.15) is 27.7 Å². The zero-order valence-corrected chi connectivity index (χ0v) is 16.4. The molecule has 27 heavy (non-hydrogen) atoms. The molecule has 4 rings (SSSR count). The molecule has 136 valence electrons. The first kappa shape index (κ1) is 18.0. The quantitative estimate of drug-likeness (QED) is 0.552. The van der Waals surface area contributed by atoms with Gasteiger partial charge in [-0.3, -0.25) is 4.79 Å². The van der Waals surface area contributed by atoms with E-state index in [1.54, 1.807) is 11.8 Å². The fourth-order valence-corrected chi connectivity index (χ4v) is 4.02. The Bertz CT molecular complexity index is 991. The van der Waals surface area contributed by atoms with Crippen LogP contribution in [0.25, 0.3) is 0 Å². The summed E-state index contributed by atoms with van der Waals surface area (Å²) in [5.74, 6) is 0.0176. The number of hydrogen-bond acceptors (Lipinski definition) is 3. The second kappa shape index (κ2) is 7.67. The lowest BCUT2D eigenvalue weighted by Crippen LogP contribution is -2.32. The van der Waals surface area contributed by atoms with E-state index in [1.165, 1.54) is 4.90 Å². The smallest absolute Gasteiger partial charge is 0.256 e. The van der Waals surface area contributed by atoms with E-state index in [0.29, 0.717) is 11.6 Å². The minimum Gasteiger partial charge on any atom is -0.361 e. The van der Waals surface area contributed by atoms with Crippen molar-refractivity contribution >= 4 is 35.0 Å². The number of rotatable bonds is 5. The van der Waals surface area contributed by atoms with Crippen molar-refractivity contribution in [2.45, 2.75) is 17.6 Å². The Labute approximate surface area is 168 Å². The molecule has 1 aliphatic rings. The number of thioether (sulfide) groups is 1.